The van der Waals surface area contributed by atoms with Crippen LogP contribution in [-0.2, 0) is 11.3 Å². The van der Waals surface area contributed by atoms with Gasteiger partial charge in [-0.05, 0) is 99.5 Å². The molecular formula is C25H38O. The van der Waals surface area contributed by atoms with E-state index < -0.39 is 0 Å². The van der Waals surface area contributed by atoms with Crippen LogP contribution in [0, 0.1) is 17.8 Å². The zero-order chi connectivity index (χ0) is 18.2. The lowest BCUT2D eigenvalue weighted by molar-refractivity contribution is 0.121. The molecule has 2 aliphatic rings. The lowest BCUT2D eigenvalue weighted by atomic mass is 9.68. The van der Waals surface area contributed by atoms with Crippen LogP contribution in [0.5, 0.6) is 0 Å². The Kier molecular flexibility index (Phi) is 7.80. The van der Waals surface area contributed by atoms with Gasteiger partial charge in [0.2, 0.25) is 0 Å². The van der Waals surface area contributed by atoms with Crippen LogP contribution in [0.25, 0.3) is 0 Å². The van der Waals surface area contributed by atoms with Crippen LogP contribution >= 0.6 is 0 Å². The number of benzene rings is 1. The summed E-state index contributed by atoms with van der Waals surface area (Å²) in [4.78, 5) is 0. The smallest absolute Gasteiger partial charge is 0.0716 e. The van der Waals surface area contributed by atoms with E-state index in [0.29, 0.717) is 0 Å². The average molecular weight is 355 g/mol. The molecule has 0 N–H and O–H groups in total. The molecule has 0 aromatic heterocycles. The highest BCUT2D eigenvalue weighted by Gasteiger charge is 2.30. The maximum atomic E-state index is 5.65. The highest BCUT2D eigenvalue weighted by molar-refractivity contribution is 5.25. The van der Waals surface area contributed by atoms with Crippen molar-refractivity contribution in [2.75, 3.05) is 6.61 Å². The molecule has 0 saturated heterocycles. The molecule has 0 atom stereocenters. The van der Waals surface area contributed by atoms with E-state index in [1.807, 2.05) is 0 Å². The monoisotopic (exact) mass is 354 g/mol. The third-order valence-corrected chi connectivity index (χ3v) is 6.79. The van der Waals surface area contributed by atoms with Crippen LogP contribution in [0.2, 0.25) is 0 Å². The first-order chi connectivity index (χ1) is 12.8. The van der Waals surface area contributed by atoms with Crippen molar-refractivity contribution in [2.24, 2.45) is 17.8 Å². The molecule has 2 aliphatic carbocycles. The maximum Gasteiger partial charge on any atom is 0.0716 e. The van der Waals surface area contributed by atoms with Crippen molar-refractivity contribution >= 4 is 0 Å². The second-order valence-electron chi connectivity index (χ2n) is 8.61. The molecule has 0 radical (unpaired) electrons. The van der Waals surface area contributed by atoms with Gasteiger partial charge >= 0.3 is 0 Å². The summed E-state index contributed by atoms with van der Waals surface area (Å²) in [6.45, 7) is 5.95. The van der Waals surface area contributed by atoms with Crippen LogP contribution in [0.4, 0.5) is 0 Å². The van der Waals surface area contributed by atoms with Gasteiger partial charge in [0.15, 0.2) is 0 Å². The summed E-state index contributed by atoms with van der Waals surface area (Å²) >= 11 is 0. The summed E-state index contributed by atoms with van der Waals surface area (Å²) in [5, 5.41) is 0. The van der Waals surface area contributed by atoms with E-state index in [-0.39, 0.29) is 0 Å². The summed E-state index contributed by atoms with van der Waals surface area (Å²) in [6, 6.07) is 9.27. The normalized spacial score (nSPS) is 29.9. The quantitative estimate of drug-likeness (QED) is 0.369. The minimum absolute atomic E-state index is 0.761. The van der Waals surface area contributed by atoms with Gasteiger partial charge in [-0.1, -0.05) is 43.3 Å². The van der Waals surface area contributed by atoms with Gasteiger partial charge in [0.05, 0.1) is 6.61 Å². The molecule has 1 aromatic carbocycles. The largest absolute Gasteiger partial charge is 0.377 e. The van der Waals surface area contributed by atoms with Crippen molar-refractivity contribution < 1.29 is 4.74 Å². The topological polar surface area (TPSA) is 9.23 Å². The standard InChI is InChI=1S/C25H38O/c1-3-5-20-6-10-22(11-7-20)24-14-16-25(17-15-24)23-12-8-21(9-13-23)19-26-18-4-2/h3,5,8-9,12-13,20,22,24-25H,4,6-7,10-11,14-19H2,1-2H3. The summed E-state index contributed by atoms with van der Waals surface area (Å²) in [5.41, 5.74) is 2.87. The molecule has 3 rings (SSSR count). The molecule has 26 heavy (non-hydrogen) atoms. The highest BCUT2D eigenvalue weighted by atomic mass is 16.5. The molecule has 1 heteroatoms. The first kappa shape index (κ1) is 19.7. The van der Waals surface area contributed by atoms with Gasteiger partial charge in [-0.3, -0.25) is 0 Å². The predicted octanol–water partition coefficient (Wildman–Crippen LogP) is 7.27. The van der Waals surface area contributed by atoms with Crippen LogP contribution < -0.4 is 0 Å². The van der Waals surface area contributed by atoms with E-state index in [4.69, 9.17) is 4.74 Å². The van der Waals surface area contributed by atoms with Crippen molar-refractivity contribution in [3.63, 3.8) is 0 Å². The predicted molar refractivity (Wildman–Crippen MR) is 111 cm³/mol. The molecule has 0 bridgehead atoms. The molecule has 1 nitrogen and oxygen atoms in total. The number of allylic oxidation sites excluding steroid dienone is 2. The van der Waals surface area contributed by atoms with Gasteiger partial charge in [0.25, 0.3) is 0 Å². The van der Waals surface area contributed by atoms with E-state index >= 15 is 0 Å². The fourth-order valence-corrected chi connectivity index (χ4v) is 5.23. The molecule has 0 spiro atoms. The Labute approximate surface area is 161 Å². The Morgan fingerprint density at radius 3 is 2.08 bits per heavy atom. The number of hydrogen-bond acceptors (Lipinski definition) is 1. The Bertz CT molecular complexity index is 528. The van der Waals surface area contributed by atoms with Crippen LogP contribution in [0.3, 0.4) is 0 Å². The van der Waals surface area contributed by atoms with E-state index in [0.717, 1.165) is 43.3 Å². The fourth-order valence-electron chi connectivity index (χ4n) is 5.23. The zero-order valence-electron chi connectivity index (χ0n) is 17.0. The highest BCUT2D eigenvalue weighted by Crippen LogP contribution is 2.44. The van der Waals surface area contributed by atoms with Gasteiger partial charge in [-0.25, -0.2) is 0 Å². The zero-order valence-corrected chi connectivity index (χ0v) is 17.0. The molecule has 144 valence electrons. The molecule has 0 heterocycles. The van der Waals surface area contributed by atoms with Crippen molar-refractivity contribution in [2.45, 2.75) is 84.2 Å². The molecule has 0 amide bonds. The van der Waals surface area contributed by atoms with Crippen molar-refractivity contribution in [1.82, 2.24) is 0 Å². The average Bonchev–Trinajstić information content (AvgIpc) is 2.70. The Balaban J connectivity index is 1.43. The van der Waals surface area contributed by atoms with Gasteiger partial charge < -0.3 is 4.74 Å². The van der Waals surface area contributed by atoms with Gasteiger partial charge in [0, 0.05) is 6.61 Å². The second kappa shape index (κ2) is 10.3. The van der Waals surface area contributed by atoms with Gasteiger partial charge in [0.1, 0.15) is 0 Å². The summed E-state index contributed by atoms with van der Waals surface area (Å²) in [5.74, 6) is 3.67. The van der Waals surface area contributed by atoms with Crippen molar-refractivity contribution in [3.05, 3.63) is 47.5 Å². The van der Waals surface area contributed by atoms with Crippen LogP contribution in [0.15, 0.2) is 36.4 Å². The molecule has 2 fully saturated rings. The Hall–Kier alpha value is -1.08. The van der Waals surface area contributed by atoms with E-state index in [1.165, 1.54) is 56.9 Å². The van der Waals surface area contributed by atoms with E-state index in [1.54, 1.807) is 5.56 Å². The minimum atomic E-state index is 0.761. The maximum absolute atomic E-state index is 5.65. The molecule has 2 saturated carbocycles. The molecule has 0 unspecified atom stereocenters. The molecule has 1 aromatic rings. The Morgan fingerprint density at radius 2 is 1.50 bits per heavy atom. The van der Waals surface area contributed by atoms with Crippen LogP contribution in [-0.4, -0.2) is 6.61 Å². The van der Waals surface area contributed by atoms with Crippen molar-refractivity contribution in [1.29, 1.82) is 0 Å². The summed E-state index contributed by atoms with van der Waals surface area (Å²) < 4.78 is 5.65. The summed E-state index contributed by atoms with van der Waals surface area (Å²) in [6.07, 6.45) is 17.3. The van der Waals surface area contributed by atoms with E-state index in [2.05, 4.69) is 50.3 Å². The first-order valence-corrected chi connectivity index (χ1v) is 11.1. The van der Waals surface area contributed by atoms with E-state index in [9.17, 15) is 0 Å². The SMILES string of the molecule is CC=CC1CCC(C2CCC(c3ccc(COCCC)cc3)CC2)CC1. The Morgan fingerprint density at radius 1 is 0.885 bits per heavy atom. The molecule has 0 aliphatic heterocycles. The van der Waals surface area contributed by atoms with Gasteiger partial charge in [-0.15, -0.1) is 0 Å². The lowest BCUT2D eigenvalue weighted by Crippen LogP contribution is -2.25. The number of ether oxygens (including phenoxy) is 1. The van der Waals surface area contributed by atoms with Gasteiger partial charge in [-0.2, -0.15) is 0 Å². The van der Waals surface area contributed by atoms with Crippen LogP contribution in [0.1, 0.15) is 88.7 Å². The third-order valence-electron chi connectivity index (χ3n) is 6.79. The summed E-state index contributed by atoms with van der Waals surface area (Å²) in [7, 11) is 0. The second-order valence-corrected chi connectivity index (χ2v) is 8.61. The third kappa shape index (κ3) is 5.46. The number of rotatable bonds is 7. The number of hydrogen-bond donors (Lipinski definition) is 0. The fraction of sp³-hybridized carbons (Fsp3) is 0.680. The van der Waals surface area contributed by atoms with Crippen molar-refractivity contribution in [3.8, 4) is 0 Å². The first-order valence-electron chi connectivity index (χ1n) is 11.1. The lowest BCUT2D eigenvalue weighted by Gasteiger charge is -2.37. The molecular weight excluding hydrogens is 316 g/mol. The minimum Gasteiger partial charge on any atom is -0.377 e.